The highest BCUT2D eigenvalue weighted by atomic mass is 19.1. The molecule has 5 rings (SSSR count). The van der Waals surface area contributed by atoms with E-state index in [1.54, 1.807) is 34.8 Å². The second kappa shape index (κ2) is 7.21. The molecule has 0 radical (unpaired) electrons. The summed E-state index contributed by atoms with van der Waals surface area (Å²) in [5.41, 5.74) is 4.54. The Morgan fingerprint density at radius 1 is 0.933 bits per heavy atom. The van der Waals surface area contributed by atoms with Crippen LogP contribution in [0.25, 0.3) is 28.2 Å². The zero-order chi connectivity index (χ0) is 20.5. The standard InChI is InChI=1S/C21H14FN7O/c22-15-5-1-14(2-6-15)18-11-19(26-25-18)21(30)24-16-7-3-13(4-8-16)17-9-10-20-27-23-12-29(20)28-17/h1-12H,(H,24,30)(H,25,26). The highest BCUT2D eigenvalue weighted by molar-refractivity contribution is 6.03. The molecule has 2 N–H and O–H groups in total. The van der Waals surface area contributed by atoms with E-state index in [0.29, 0.717) is 28.3 Å². The van der Waals surface area contributed by atoms with Gasteiger partial charge in [-0.25, -0.2) is 4.39 Å². The lowest BCUT2D eigenvalue weighted by molar-refractivity contribution is 0.102. The van der Waals surface area contributed by atoms with Crippen LogP contribution in [-0.2, 0) is 0 Å². The molecule has 8 nitrogen and oxygen atoms in total. The van der Waals surface area contributed by atoms with Crippen molar-refractivity contribution in [2.24, 2.45) is 0 Å². The van der Waals surface area contributed by atoms with Gasteiger partial charge in [-0.15, -0.1) is 10.2 Å². The van der Waals surface area contributed by atoms with Crippen LogP contribution in [0.5, 0.6) is 0 Å². The first kappa shape index (κ1) is 17.7. The molecule has 30 heavy (non-hydrogen) atoms. The van der Waals surface area contributed by atoms with Gasteiger partial charge < -0.3 is 5.32 Å². The SMILES string of the molecule is O=C(Nc1ccc(-c2ccc3nncn3n2)cc1)c1cc(-c2ccc(F)cc2)n[nH]1. The smallest absolute Gasteiger partial charge is 0.273 e. The second-order valence-corrected chi connectivity index (χ2v) is 6.56. The predicted molar refractivity (Wildman–Crippen MR) is 108 cm³/mol. The summed E-state index contributed by atoms with van der Waals surface area (Å²) in [6.07, 6.45) is 1.54. The number of hydrogen-bond donors (Lipinski definition) is 2. The van der Waals surface area contributed by atoms with Gasteiger partial charge in [-0.3, -0.25) is 9.89 Å². The number of carbonyl (C=O) groups is 1. The second-order valence-electron chi connectivity index (χ2n) is 6.56. The molecule has 0 bridgehead atoms. The fraction of sp³-hybridized carbons (Fsp3) is 0. The molecule has 9 heteroatoms. The van der Waals surface area contributed by atoms with Crippen molar-refractivity contribution in [1.29, 1.82) is 0 Å². The molecule has 1 amide bonds. The Bertz CT molecular complexity index is 1340. The van der Waals surface area contributed by atoms with Crippen molar-refractivity contribution in [1.82, 2.24) is 30.0 Å². The Morgan fingerprint density at radius 3 is 2.47 bits per heavy atom. The Labute approximate surface area is 169 Å². The quantitative estimate of drug-likeness (QED) is 0.481. The number of H-pyrrole nitrogens is 1. The number of hydrogen-bond acceptors (Lipinski definition) is 5. The van der Waals surface area contributed by atoms with Gasteiger partial charge in [0.05, 0.1) is 11.4 Å². The molecular formula is C21H14FN7O. The van der Waals surface area contributed by atoms with Gasteiger partial charge in [-0.2, -0.15) is 14.7 Å². The van der Waals surface area contributed by atoms with Gasteiger partial charge >= 0.3 is 0 Å². The number of aromatic amines is 1. The summed E-state index contributed by atoms with van der Waals surface area (Å²) in [7, 11) is 0. The van der Waals surface area contributed by atoms with E-state index in [0.717, 1.165) is 11.3 Å². The van der Waals surface area contributed by atoms with Gasteiger partial charge in [-0.1, -0.05) is 12.1 Å². The number of anilines is 1. The highest BCUT2D eigenvalue weighted by Crippen LogP contribution is 2.21. The van der Waals surface area contributed by atoms with Crippen LogP contribution in [0.4, 0.5) is 10.1 Å². The molecule has 0 atom stereocenters. The largest absolute Gasteiger partial charge is 0.321 e. The zero-order valence-corrected chi connectivity index (χ0v) is 15.5. The maximum Gasteiger partial charge on any atom is 0.273 e. The highest BCUT2D eigenvalue weighted by Gasteiger charge is 2.12. The van der Waals surface area contributed by atoms with Crippen molar-refractivity contribution >= 4 is 17.2 Å². The third kappa shape index (κ3) is 3.39. The first-order valence-electron chi connectivity index (χ1n) is 9.06. The Morgan fingerprint density at radius 2 is 1.67 bits per heavy atom. The molecule has 5 aromatic rings. The van der Waals surface area contributed by atoms with Crippen LogP contribution in [0.15, 0.2) is 73.1 Å². The fourth-order valence-corrected chi connectivity index (χ4v) is 3.01. The third-order valence-corrected chi connectivity index (χ3v) is 4.56. The summed E-state index contributed by atoms with van der Waals surface area (Å²) in [6.45, 7) is 0. The molecule has 0 spiro atoms. The number of nitrogens with zero attached hydrogens (tertiary/aromatic N) is 5. The molecule has 0 fully saturated rings. The number of fused-ring (bicyclic) bond motifs is 1. The van der Waals surface area contributed by atoms with Crippen LogP contribution in [0, 0.1) is 5.82 Å². The van der Waals surface area contributed by atoms with E-state index in [9.17, 15) is 9.18 Å². The summed E-state index contributed by atoms with van der Waals surface area (Å²) in [6, 6.07) is 18.5. The van der Waals surface area contributed by atoms with Gasteiger partial charge in [0.2, 0.25) is 0 Å². The molecule has 0 unspecified atom stereocenters. The van der Waals surface area contributed by atoms with Crippen molar-refractivity contribution in [3.63, 3.8) is 0 Å². The number of nitrogens with one attached hydrogen (secondary N) is 2. The number of benzene rings is 2. The number of amides is 1. The van der Waals surface area contributed by atoms with Crippen LogP contribution in [0.3, 0.4) is 0 Å². The summed E-state index contributed by atoms with van der Waals surface area (Å²) >= 11 is 0. The van der Waals surface area contributed by atoms with Crippen LogP contribution < -0.4 is 5.32 Å². The van der Waals surface area contributed by atoms with E-state index in [4.69, 9.17) is 0 Å². The van der Waals surface area contributed by atoms with Crippen LogP contribution in [0.2, 0.25) is 0 Å². The van der Waals surface area contributed by atoms with E-state index < -0.39 is 0 Å². The molecular weight excluding hydrogens is 385 g/mol. The first-order chi connectivity index (χ1) is 14.7. The number of halogens is 1. The number of aromatic nitrogens is 6. The Balaban J connectivity index is 1.31. The van der Waals surface area contributed by atoms with E-state index in [-0.39, 0.29) is 11.7 Å². The normalized spacial score (nSPS) is 11.0. The minimum Gasteiger partial charge on any atom is -0.321 e. The maximum absolute atomic E-state index is 13.1. The summed E-state index contributed by atoms with van der Waals surface area (Å²) in [5, 5.41) is 21.8. The summed E-state index contributed by atoms with van der Waals surface area (Å²) in [4.78, 5) is 12.5. The summed E-state index contributed by atoms with van der Waals surface area (Å²) in [5.74, 6) is -0.653. The monoisotopic (exact) mass is 399 g/mol. The van der Waals surface area contributed by atoms with E-state index in [2.05, 4.69) is 30.8 Å². The lowest BCUT2D eigenvalue weighted by atomic mass is 10.1. The fourth-order valence-electron chi connectivity index (χ4n) is 3.01. The van der Waals surface area contributed by atoms with E-state index >= 15 is 0 Å². The van der Waals surface area contributed by atoms with Gasteiger partial charge in [0.1, 0.15) is 17.8 Å². The number of rotatable bonds is 4. The van der Waals surface area contributed by atoms with Crippen LogP contribution >= 0.6 is 0 Å². The van der Waals surface area contributed by atoms with Crippen molar-refractivity contribution in [2.75, 3.05) is 5.32 Å². The molecule has 0 aliphatic carbocycles. The van der Waals surface area contributed by atoms with Gasteiger partial charge in [0, 0.05) is 16.8 Å². The van der Waals surface area contributed by atoms with E-state index in [1.807, 2.05) is 24.3 Å². The third-order valence-electron chi connectivity index (χ3n) is 4.56. The minimum atomic E-state index is -0.326. The Kier molecular flexibility index (Phi) is 4.25. The van der Waals surface area contributed by atoms with Gasteiger partial charge in [0.25, 0.3) is 5.91 Å². The van der Waals surface area contributed by atoms with E-state index in [1.165, 1.54) is 18.5 Å². The van der Waals surface area contributed by atoms with Crippen molar-refractivity contribution in [2.45, 2.75) is 0 Å². The van der Waals surface area contributed by atoms with Gasteiger partial charge in [-0.05, 0) is 54.6 Å². The average Bonchev–Trinajstić information content (AvgIpc) is 3.44. The molecule has 0 saturated carbocycles. The lowest BCUT2D eigenvalue weighted by Crippen LogP contribution is -2.12. The van der Waals surface area contributed by atoms with Crippen molar-refractivity contribution in [3.05, 3.63) is 84.6 Å². The average molecular weight is 399 g/mol. The molecule has 0 aliphatic rings. The number of carbonyl (C=O) groups excluding carboxylic acids is 1. The van der Waals surface area contributed by atoms with Crippen molar-refractivity contribution in [3.8, 4) is 22.5 Å². The molecule has 0 aliphatic heterocycles. The molecule has 146 valence electrons. The Hall–Kier alpha value is -4.40. The maximum atomic E-state index is 13.1. The van der Waals surface area contributed by atoms with Gasteiger partial charge in [0.15, 0.2) is 5.65 Å². The zero-order valence-electron chi connectivity index (χ0n) is 15.5. The van der Waals surface area contributed by atoms with Crippen LogP contribution in [-0.4, -0.2) is 35.9 Å². The lowest BCUT2D eigenvalue weighted by Gasteiger charge is -2.05. The first-order valence-corrected chi connectivity index (χ1v) is 9.06. The van der Waals surface area contributed by atoms with Crippen LogP contribution in [0.1, 0.15) is 10.5 Å². The molecule has 0 saturated heterocycles. The van der Waals surface area contributed by atoms with Crippen molar-refractivity contribution < 1.29 is 9.18 Å². The summed E-state index contributed by atoms with van der Waals surface area (Å²) < 4.78 is 14.7. The molecule has 3 aromatic heterocycles. The minimum absolute atomic E-state index is 0.304. The predicted octanol–water partition coefficient (Wildman–Crippen LogP) is 3.57. The topological polar surface area (TPSA) is 101 Å². The molecule has 2 aromatic carbocycles. The molecule has 3 heterocycles.